The highest BCUT2D eigenvalue weighted by molar-refractivity contribution is 14.0. The van der Waals surface area contributed by atoms with E-state index in [1.807, 2.05) is 0 Å². The van der Waals surface area contributed by atoms with E-state index in [1.54, 1.807) is 0 Å². The van der Waals surface area contributed by atoms with Crippen LogP contribution >= 0.6 is 24.0 Å². The van der Waals surface area contributed by atoms with E-state index in [9.17, 15) is 8.78 Å². The molecular weight excluding hydrogens is 403 g/mol. The largest absolute Gasteiger partial charge is 0.376 e. The Morgan fingerprint density at radius 2 is 2.09 bits per heavy atom. The van der Waals surface area contributed by atoms with Gasteiger partial charge in [0.15, 0.2) is 5.96 Å². The molecule has 2 fully saturated rings. The van der Waals surface area contributed by atoms with E-state index in [4.69, 9.17) is 10.5 Å². The van der Waals surface area contributed by atoms with Gasteiger partial charge in [-0.05, 0) is 31.4 Å². The van der Waals surface area contributed by atoms with E-state index >= 15 is 0 Å². The van der Waals surface area contributed by atoms with Crippen molar-refractivity contribution in [1.82, 2.24) is 5.32 Å². The lowest BCUT2D eigenvalue weighted by atomic mass is 10.1. The highest BCUT2D eigenvalue weighted by atomic mass is 127. The van der Waals surface area contributed by atoms with Gasteiger partial charge in [-0.1, -0.05) is 6.07 Å². The summed E-state index contributed by atoms with van der Waals surface area (Å²) in [5, 5.41) is 3.02. The minimum Gasteiger partial charge on any atom is -0.376 e. The summed E-state index contributed by atoms with van der Waals surface area (Å²) in [4.78, 5) is 4.23. The second kappa shape index (κ2) is 7.54. The first-order valence-electron chi connectivity index (χ1n) is 7.27. The van der Waals surface area contributed by atoms with E-state index in [2.05, 4.69) is 10.3 Å². The fraction of sp³-hybridized carbons (Fsp3) is 0.533. The van der Waals surface area contributed by atoms with Crippen LogP contribution in [0.15, 0.2) is 23.2 Å². The van der Waals surface area contributed by atoms with Crippen LogP contribution in [0.25, 0.3) is 0 Å². The van der Waals surface area contributed by atoms with Crippen molar-refractivity contribution in [2.45, 2.75) is 37.3 Å². The standard InChI is InChI=1S/C15H19F2N3O.HI/c16-11-4-1-5-12(17)14(11)10-7-13(10)20-15(18)19-8-9-3-2-6-21-9;/h1,4-5,9-10,13H,2-3,6-8H2,(H3,18,19,20);1H. The van der Waals surface area contributed by atoms with Gasteiger partial charge in [0.25, 0.3) is 0 Å². The number of hydrogen-bond acceptors (Lipinski definition) is 2. The third kappa shape index (κ3) is 4.07. The minimum atomic E-state index is -0.501. The molecule has 4 nitrogen and oxygen atoms in total. The highest BCUT2D eigenvalue weighted by Gasteiger charge is 2.42. The van der Waals surface area contributed by atoms with Crippen LogP contribution in [0.4, 0.5) is 8.78 Å². The first-order chi connectivity index (χ1) is 10.1. The first-order valence-corrected chi connectivity index (χ1v) is 7.27. The molecule has 3 atom stereocenters. The summed E-state index contributed by atoms with van der Waals surface area (Å²) in [6, 6.07) is 3.88. The Kier molecular flexibility index (Phi) is 5.96. The Morgan fingerprint density at radius 1 is 1.36 bits per heavy atom. The van der Waals surface area contributed by atoms with Gasteiger partial charge in [-0.15, -0.1) is 24.0 Å². The van der Waals surface area contributed by atoms with Gasteiger partial charge in [-0.25, -0.2) is 8.78 Å². The number of ether oxygens (including phenoxy) is 1. The maximum absolute atomic E-state index is 13.7. The van der Waals surface area contributed by atoms with Gasteiger partial charge in [0.1, 0.15) is 11.6 Å². The SMILES string of the molecule is I.NC(=NCC1CCCO1)NC1CC1c1c(F)cccc1F. The summed E-state index contributed by atoms with van der Waals surface area (Å²) in [6.45, 7) is 1.31. The molecule has 1 aromatic carbocycles. The van der Waals surface area contributed by atoms with Crippen LogP contribution < -0.4 is 11.1 Å². The minimum absolute atomic E-state index is 0. The molecule has 3 unspecified atom stereocenters. The predicted octanol–water partition coefficient (Wildman–Crippen LogP) is 2.52. The molecule has 122 valence electrons. The van der Waals surface area contributed by atoms with E-state index in [0.29, 0.717) is 18.9 Å². The fourth-order valence-electron chi connectivity index (χ4n) is 2.76. The average molecular weight is 423 g/mol. The molecule has 3 rings (SSSR count). The number of nitrogens with zero attached hydrogens (tertiary/aromatic N) is 1. The Labute approximate surface area is 145 Å². The van der Waals surface area contributed by atoms with Gasteiger partial charge in [0, 0.05) is 24.1 Å². The van der Waals surface area contributed by atoms with Crippen LogP contribution in [0.3, 0.4) is 0 Å². The van der Waals surface area contributed by atoms with Gasteiger partial charge >= 0.3 is 0 Å². The van der Waals surface area contributed by atoms with Crippen molar-refractivity contribution >= 4 is 29.9 Å². The molecule has 0 bridgehead atoms. The maximum atomic E-state index is 13.7. The summed E-state index contributed by atoms with van der Waals surface area (Å²) in [7, 11) is 0. The van der Waals surface area contributed by atoms with E-state index in [0.717, 1.165) is 19.4 Å². The molecule has 1 aromatic rings. The highest BCUT2D eigenvalue weighted by Crippen LogP contribution is 2.42. The van der Waals surface area contributed by atoms with Crippen LogP contribution in [-0.4, -0.2) is 31.3 Å². The van der Waals surface area contributed by atoms with Crippen LogP contribution in [0.2, 0.25) is 0 Å². The number of rotatable bonds is 4. The number of nitrogens with one attached hydrogen (secondary N) is 1. The summed E-state index contributed by atoms with van der Waals surface area (Å²) >= 11 is 0. The normalized spacial score (nSPS) is 27.4. The lowest BCUT2D eigenvalue weighted by Crippen LogP contribution is -2.35. The number of benzene rings is 1. The van der Waals surface area contributed by atoms with Crippen molar-refractivity contribution < 1.29 is 13.5 Å². The fourth-order valence-corrected chi connectivity index (χ4v) is 2.76. The molecule has 0 amide bonds. The number of guanidine groups is 1. The average Bonchev–Trinajstić information content (AvgIpc) is 2.99. The van der Waals surface area contributed by atoms with Gasteiger partial charge in [0.2, 0.25) is 0 Å². The summed E-state index contributed by atoms with van der Waals surface area (Å²) in [5.41, 5.74) is 5.95. The Balaban J connectivity index is 0.00000176. The monoisotopic (exact) mass is 423 g/mol. The molecule has 1 heterocycles. The van der Waals surface area contributed by atoms with Crippen molar-refractivity contribution in [3.05, 3.63) is 35.4 Å². The number of hydrogen-bond donors (Lipinski definition) is 2. The number of nitrogens with two attached hydrogens (primary N) is 1. The molecular formula is C15H20F2IN3O. The van der Waals surface area contributed by atoms with Crippen molar-refractivity contribution in [1.29, 1.82) is 0 Å². The third-order valence-electron chi connectivity index (χ3n) is 3.98. The van der Waals surface area contributed by atoms with E-state index < -0.39 is 11.6 Å². The first kappa shape index (κ1) is 17.4. The zero-order valence-corrected chi connectivity index (χ0v) is 14.4. The van der Waals surface area contributed by atoms with Gasteiger partial charge in [0.05, 0.1) is 12.6 Å². The Bertz CT molecular complexity index is 529. The molecule has 1 aliphatic heterocycles. The van der Waals surface area contributed by atoms with E-state index in [-0.39, 0.29) is 47.6 Å². The van der Waals surface area contributed by atoms with Crippen LogP contribution in [0.5, 0.6) is 0 Å². The van der Waals surface area contributed by atoms with Crippen molar-refractivity contribution in [3.8, 4) is 0 Å². The van der Waals surface area contributed by atoms with Crippen LogP contribution in [-0.2, 0) is 4.74 Å². The van der Waals surface area contributed by atoms with Crippen LogP contribution in [0.1, 0.15) is 30.7 Å². The second-order valence-electron chi connectivity index (χ2n) is 5.59. The third-order valence-corrected chi connectivity index (χ3v) is 3.98. The predicted molar refractivity (Wildman–Crippen MR) is 91.5 cm³/mol. The second-order valence-corrected chi connectivity index (χ2v) is 5.59. The van der Waals surface area contributed by atoms with E-state index in [1.165, 1.54) is 18.2 Å². The molecule has 2 aliphatic rings. The summed E-state index contributed by atoms with van der Waals surface area (Å²) < 4.78 is 32.8. The Hall–Kier alpha value is -0.960. The molecule has 1 saturated carbocycles. The Morgan fingerprint density at radius 3 is 2.73 bits per heavy atom. The number of aliphatic imine (C=N–C) groups is 1. The topological polar surface area (TPSA) is 59.6 Å². The molecule has 7 heteroatoms. The zero-order valence-electron chi connectivity index (χ0n) is 12.1. The maximum Gasteiger partial charge on any atom is 0.188 e. The molecule has 0 radical (unpaired) electrons. The molecule has 1 aliphatic carbocycles. The molecule has 3 N–H and O–H groups in total. The molecule has 0 spiro atoms. The zero-order chi connectivity index (χ0) is 14.8. The lowest BCUT2D eigenvalue weighted by molar-refractivity contribution is 0.118. The lowest BCUT2D eigenvalue weighted by Gasteiger charge is -2.09. The number of halogens is 3. The summed E-state index contributed by atoms with van der Waals surface area (Å²) in [5.74, 6) is -0.865. The van der Waals surface area contributed by atoms with Gasteiger partial charge in [-0.3, -0.25) is 4.99 Å². The smallest absolute Gasteiger partial charge is 0.188 e. The van der Waals surface area contributed by atoms with Crippen molar-refractivity contribution in [2.24, 2.45) is 10.7 Å². The summed E-state index contributed by atoms with van der Waals surface area (Å²) in [6.07, 6.45) is 2.87. The quantitative estimate of drug-likeness (QED) is 0.445. The molecule has 1 saturated heterocycles. The van der Waals surface area contributed by atoms with Crippen molar-refractivity contribution in [2.75, 3.05) is 13.2 Å². The molecule has 0 aromatic heterocycles. The van der Waals surface area contributed by atoms with Gasteiger partial charge in [-0.2, -0.15) is 0 Å². The van der Waals surface area contributed by atoms with Crippen molar-refractivity contribution in [3.63, 3.8) is 0 Å². The molecule has 22 heavy (non-hydrogen) atoms. The van der Waals surface area contributed by atoms with Gasteiger partial charge < -0.3 is 15.8 Å². The van der Waals surface area contributed by atoms with Crippen LogP contribution in [0, 0.1) is 11.6 Å².